The topological polar surface area (TPSA) is 69.2 Å². The van der Waals surface area contributed by atoms with Crippen molar-refractivity contribution >= 4 is 5.69 Å². The van der Waals surface area contributed by atoms with E-state index in [0.717, 1.165) is 24.8 Å². The number of nitro groups is 1. The summed E-state index contributed by atoms with van der Waals surface area (Å²) in [4.78, 5) is 10.7. The molecule has 0 spiro atoms. The molecule has 0 bridgehead atoms. The molecule has 4 heteroatoms. The summed E-state index contributed by atoms with van der Waals surface area (Å²) in [6.07, 6.45) is 6.45. The summed E-state index contributed by atoms with van der Waals surface area (Å²) in [7, 11) is 0. The van der Waals surface area contributed by atoms with Crippen LogP contribution < -0.4 is 5.73 Å². The Balaban J connectivity index is 2.19. The van der Waals surface area contributed by atoms with Crippen LogP contribution in [0.25, 0.3) is 0 Å². The third kappa shape index (κ3) is 2.78. The summed E-state index contributed by atoms with van der Waals surface area (Å²) < 4.78 is 0. The van der Waals surface area contributed by atoms with Crippen molar-refractivity contribution in [1.82, 2.24) is 0 Å². The van der Waals surface area contributed by atoms with E-state index in [1.807, 2.05) is 12.1 Å². The minimum absolute atomic E-state index is 0.0149. The Morgan fingerprint density at radius 2 is 2.00 bits per heavy atom. The van der Waals surface area contributed by atoms with Crippen LogP contribution in [0.3, 0.4) is 0 Å². The Labute approximate surface area is 114 Å². The SMILES string of the molecule is CCC1(C(N)Cc2ccccc2[N+](=O)[O-])CCCC1. The van der Waals surface area contributed by atoms with E-state index in [4.69, 9.17) is 5.73 Å². The van der Waals surface area contributed by atoms with Crippen LogP contribution in [0.4, 0.5) is 5.69 Å². The number of benzene rings is 1. The molecule has 1 aliphatic rings. The van der Waals surface area contributed by atoms with Gasteiger partial charge in [-0.3, -0.25) is 10.1 Å². The maximum atomic E-state index is 11.0. The number of nitro benzene ring substituents is 1. The molecule has 0 saturated heterocycles. The van der Waals surface area contributed by atoms with E-state index in [-0.39, 0.29) is 22.1 Å². The zero-order chi connectivity index (χ0) is 13.9. The number of rotatable bonds is 5. The van der Waals surface area contributed by atoms with Crippen molar-refractivity contribution in [1.29, 1.82) is 0 Å². The summed E-state index contributed by atoms with van der Waals surface area (Å²) in [5.74, 6) is 0. The Kier molecular flexibility index (Phi) is 4.20. The molecule has 0 amide bonds. The van der Waals surface area contributed by atoms with Crippen LogP contribution in [-0.2, 0) is 6.42 Å². The molecular formula is C15H22N2O2. The zero-order valence-corrected chi connectivity index (χ0v) is 11.5. The Hall–Kier alpha value is -1.42. The molecule has 1 atom stereocenters. The normalized spacial score (nSPS) is 19.3. The largest absolute Gasteiger partial charge is 0.327 e. The van der Waals surface area contributed by atoms with Gasteiger partial charge < -0.3 is 5.73 Å². The highest BCUT2D eigenvalue weighted by Crippen LogP contribution is 2.44. The molecule has 2 N–H and O–H groups in total. The van der Waals surface area contributed by atoms with E-state index in [1.54, 1.807) is 12.1 Å². The first-order chi connectivity index (χ1) is 9.09. The third-order valence-corrected chi connectivity index (χ3v) is 4.72. The van der Waals surface area contributed by atoms with E-state index < -0.39 is 0 Å². The van der Waals surface area contributed by atoms with E-state index in [0.29, 0.717) is 6.42 Å². The van der Waals surface area contributed by atoms with Crippen LogP contribution in [0.2, 0.25) is 0 Å². The molecule has 0 aliphatic heterocycles. The van der Waals surface area contributed by atoms with Gasteiger partial charge >= 0.3 is 0 Å². The lowest BCUT2D eigenvalue weighted by Crippen LogP contribution is -2.41. The van der Waals surface area contributed by atoms with Gasteiger partial charge in [0.1, 0.15) is 0 Å². The van der Waals surface area contributed by atoms with E-state index in [9.17, 15) is 10.1 Å². The number of para-hydroxylation sites is 1. The lowest BCUT2D eigenvalue weighted by atomic mass is 9.74. The lowest BCUT2D eigenvalue weighted by molar-refractivity contribution is -0.385. The molecule has 19 heavy (non-hydrogen) atoms. The van der Waals surface area contributed by atoms with E-state index >= 15 is 0 Å². The van der Waals surface area contributed by atoms with Gasteiger partial charge in [-0.1, -0.05) is 38.0 Å². The third-order valence-electron chi connectivity index (χ3n) is 4.72. The molecule has 1 aliphatic carbocycles. The molecule has 2 rings (SSSR count). The maximum absolute atomic E-state index is 11.0. The van der Waals surface area contributed by atoms with E-state index in [1.165, 1.54) is 12.8 Å². The van der Waals surface area contributed by atoms with Crippen LogP contribution >= 0.6 is 0 Å². The average molecular weight is 262 g/mol. The monoisotopic (exact) mass is 262 g/mol. The maximum Gasteiger partial charge on any atom is 0.272 e. The van der Waals surface area contributed by atoms with Crippen LogP contribution in [0.15, 0.2) is 24.3 Å². The molecule has 4 nitrogen and oxygen atoms in total. The quantitative estimate of drug-likeness (QED) is 0.652. The van der Waals surface area contributed by atoms with Gasteiger partial charge in [0.15, 0.2) is 0 Å². The summed E-state index contributed by atoms with van der Waals surface area (Å²) in [6, 6.07) is 6.97. The van der Waals surface area contributed by atoms with Gasteiger partial charge in [-0.05, 0) is 31.1 Å². The van der Waals surface area contributed by atoms with Gasteiger partial charge in [0.05, 0.1) is 4.92 Å². The molecule has 1 saturated carbocycles. The van der Waals surface area contributed by atoms with Crippen molar-refractivity contribution in [2.75, 3.05) is 0 Å². The van der Waals surface area contributed by atoms with Gasteiger partial charge in [0, 0.05) is 17.7 Å². The smallest absolute Gasteiger partial charge is 0.272 e. The average Bonchev–Trinajstić information content (AvgIpc) is 2.89. The van der Waals surface area contributed by atoms with Crippen molar-refractivity contribution in [2.24, 2.45) is 11.1 Å². The highest BCUT2D eigenvalue weighted by Gasteiger charge is 2.38. The standard InChI is InChI=1S/C15H22N2O2/c1-2-15(9-5-6-10-15)14(16)11-12-7-3-4-8-13(12)17(18)19/h3-4,7-8,14H,2,5-6,9-11,16H2,1H3. The van der Waals surface area contributed by atoms with Crippen molar-refractivity contribution in [3.63, 3.8) is 0 Å². The fraction of sp³-hybridized carbons (Fsp3) is 0.600. The highest BCUT2D eigenvalue weighted by molar-refractivity contribution is 5.40. The van der Waals surface area contributed by atoms with Crippen LogP contribution in [0, 0.1) is 15.5 Å². The summed E-state index contributed by atoms with van der Waals surface area (Å²) in [5, 5.41) is 11.0. The second-order valence-corrected chi connectivity index (χ2v) is 5.62. The Morgan fingerprint density at radius 1 is 1.37 bits per heavy atom. The molecule has 1 aromatic carbocycles. The molecule has 0 radical (unpaired) electrons. The predicted molar refractivity (Wildman–Crippen MR) is 76.0 cm³/mol. The first-order valence-corrected chi connectivity index (χ1v) is 7.07. The van der Waals surface area contributed by atoms with Gasteiger partial charge in [-0.25, -0.2) is 0 Å². The van der Waals surface area contributed by atoms with Crippen LogP contribution in [0.1, 0.15) is 44.6 Å². The molecule has 0 heterocycles. The Morgan fingerprint density at radius 3 is 2.58 bits per heavy atom. The fourth-order valence-electron chi connectivity index (χ4n) is 3.38. The highest BCUT2D eigenvalue weighted by atomic mass is 16.6. The molecule has 1 fully saturated rings. The summed E-state index contributed by atoms with van der Waals surface area (Å²) in [5.41, 5.74) is 7.55. The lowest BCUT2D eigenvalue weighted by Gasteiger charge is -2.34. The predicted octanol–water partition coefficient (Wildman–Crippen LogP) is 3.44. The van der Waals surface area contributed by atoms with Crippen molar-refractivity contribution in [3.8, 4) is 0 Å². The summed E-state index contributed by atoms with van der Waals surface area (Å²) in [6.45, 7) is 2.19. The van der Waals surface area contributed by atoms with Crippen molar-refractivity contribution < 1.29 is 4.92 Å². The summed E-state index contributed by atoms with van der Waals surface area (Å²) >= 11 is 0. The zero-order valence-electron chi connectivity index (χ0n) is 11.5. The van der Waals surface area contributed by atoms with Crippen molar-refractivity contribution in [3.05, 3.63) is 39.9 Å². The molecule has 1 unspecified atom stereocenters. The Bertz CT molecular complexity index is 453. The number of hydrogen-bond donors (Lipinski definition) is 1. The first kappa shape index (κ1) is 14.0. The second-order valence-electron chi connectivity index (χ2n) is 5.62. The van der Waals surface area contributed by atoms with Gasteiger partial charge in [-0.15, -0.1) is 0 Å². The van der Waals surface area contributed by atoms with Crippen molar-refractivity contribution in [2.45, 2.75) is 51.5 Å². The van der Waals surface area contributed by atoms with Crippen LogP contribution in [0.5, 0.6) is 0 Å². The fourth-order valence-corrected chi connectivity index (χ4v) is 3.38. The van der Waals surface area contributed by atoms with Crippen LogP contribution in [-0.4, -0.2) is 11.0 Å². The molecule has 104 valence electrons. The number of hydrogen-bond acceptors (Lipinski definition) is 3. The second kappa shape index (κ2) is 5.70. The van der Waals surface area contributed by atoms with Gasteiger partial charge in [0.25, 0.3) is 5.69 Å². The molecule has 1 aromatic rings. The molecular weight excluding hydrogens is 240 g/mol. The van der Waals surface area contributed by atoms with E-state index in [2.05, 4.69) is 6.92 Å². The first-order valence-electron chi connectivity index (χ1n) is 7.07. The number of nitrogens with zero attached hydrogens (tertiary/aromatic N) is 1. The minimum atomic E-state index is -0.310. The number of nitrogens with two attached hydrogens (primary N) is 1. The minimum Gasteiger partial charge on any atom is -0.327 e. The van der Waals surface area contributed by atoms with Gasteiger partial charge in [-0.2, -0.15) is 0 Å². The van der Waals surface area contributed by atoms with Gasteiger partial charge in [0.2, 0.25) is 0 Å². The molecule has 0 aromatic heterocycles.